The van der Waals surface area contributed by atoms with Gasteiger partial charge in [0.05, 0.1) is 11.9 Å². The van der Waals surface area contributed by atoms with E-state index in [2.05, 4.69) is 25.6 Å². The molecule has 0 aliphatic rings. The quantitative estimate of drug-likeness (QED) is 0.687. The van der Waals surface area contributed by atoms with Crippen molar-refractivity contribution in [3.63, 3.8) is 0 Å². The minimum absolute atomic E-state index is 0.315. The van der Waals surface area contributed by atoms with Crippen molar-refractivity contribution in [3.8, 4) is 17.0 Å². The summed E-state index contributed by atoms with van der Waals surface area (Å²) in [6, 6.07) is 6.88. The number of pyridine rings is 1. The Labute approximate surface area is 136 Å². The molecule has 8 heteroatoms. The number of aromatic nitrogens is 3. The number of amides is 2. The Hall–Kier alpha value is -3.29. The molecule has 24 heavy (non-hydrogen) atoms. The average Bonchev–Trinajstić information content (AvgIpc) is 2.57. The predicted molar refractivity (Wildman–Crippen MR) is 87.1 cm³/mol. The second-order valence-electron chi connectivity index (χ2n) is 4.95. The number of carbonyl (C=O) groups is 1. The van der Waals surface area contributed by atoms with Gasteiger partial charge < -0.3 is 10.4 Å². The van der Waals surface area contributed by atoms with Crippen molar-refractivity contribution < 1.29 is 14.3 Å². The highest BCUT2D eigenvalue weighted by Gasteiger charge is 2.09. The Morgan fingerprint density at radius 2 is 2.08 bits per heavy atom. The van der Waals surface area contributed by atoms with Crippen LogP contribution in [0.5, 0.6) is 5.75 Å². The van der Waals surface area contributed by atoms with Crippen molar-refractivity contribution in [3.05, 3.63) is 42.3 Å². The number of benzene rings is 1. The van der Waals surface area contributed by atoms with Crippen molar-refractivity contribution in [1.29, 1.82) is 0 Å². The van der Waals surface area contributed by atoms with Crippen molar-refractivity contribution >= 4 is 23.0 Å². The van der Waals surface area contributed by atoms with Crippen LogP contribution in [0.2, 0.25) is 0 Å². The Kier molecular flexibility index (Phi) is 4.19. The molecule has 1 aromatic carbocycles. The molecule has 122 valence electrons. The van der Waals surface area contributed by atoms with Crippen molar-refractivity contribution in [2.45, 2.75) is 6.92 Å². The molecule has 0 saturated heterocycles. The smallest absolute Gasteiger partial charge is 0.320 e. The maximum Gasteiger partial charge on any atom is 0.320 e. The van der Waals surface area contributed by atoms with E-state index in [4.69, 9.17) is 0 Å². The summed E-state index contributed by atoms with van der Waals surface area (Å²) >= 11 is 0. The number of rotatable bonds is 3. The molecule has 3 aromatic rings. The zero-order chi connectivity index (χ0) is 17.1. The van der Waals surface area contributed by atoms with Crippen LogP contribution >= 0.6 is 0 Å². The Bertz CT molecular complexity index is 916. The minimum Gasteiger partial charge on any atom is -0.505 e. The van der Waals surface area contributed by atoms with Gasteiger partial charge in [-0.25, -0.2) is 19.2 Å². The van der Waals surface area contributed by atoms with Crippen LogP contribution in [-0.4, -0.2) is 32.6 Å². The second kappa shape index (κ2) is 6.45. The number of aromatic hydroxyl groups is 1. The summed E-state index contributed by atoms with van der Waals surface area (Å²) in [5.74, 6) is -0.843. The first-order valence-corrected chi connectivity index (χ1v) is 7.24. The minimum atomic E-state index is -0.742. The van der Waals surface area contributed by atoms with E-state index >= 15 is 0 Å². The predicted octanol–water partition coefficient (Wildman–Crippen LogP) is 2.68. The molecule has 0 bridgehead atoms. The number of hydrogen-bond acceptors (Lipinski definition) is 5. The van der Waals surface area contributed by atoms with Gasteiger partial charge in [0.2, 0.25) is 0 Å². The highest BCUT2D eigenvalue weighted by molar-refractivity contribution is 5.89. The summed E-state index contributed by atoms with van der Waals surface area (Å²) in [5, 5.41) is 14.4. The number of hydrogen-bond donors (Lipinski definition) is 3. The molecule has 0 atom stereocenters. The zero-order valence-electron chi connectivity index (χ0n) is 12.7. The average molecular weight is 327 g/mol. The summed E-state index contributed by atoms with van der Waals surface area (Å²) in [4.78, 5) is 24.3. The number of phenols is 1. The molecule has 0 saturated carbocycles. The first-order chi connectivity index (χ1) is 11.6. The first kappa shape index (κ1) is 15.6. The van der Waals surface area contributed by atoms with Gasteiger partial charge in [-0.2, -0.15) is 0 Å². The Balaban J connectivity index is 1.96. The summed E-state index contributed by atoms with van der Waals surface area (Å²) in [7, 11) is 0. The molecular formula is C16H14FN5O2. The number of urea groups is 1. The number of nitrogens with one attached hydrogen (secondary N) is 2. The lowest BCUT2D eigenvalue weighted by Gasteiger charge is -2.07. The summed E-state index contributed by atoms with van der Waals surface area (Å²) in [6.45, 7) is 2.30. The molecule has 0 fully saturated rings. The number of anilines is 1. The Morgan fingerprint density at radius 3 is 2.83 bits per heavy atom. The maximum atomic E-state index is 13.5. The standard InChI is InChI=1S/C16H14FN5O2/c1-2-18-16(24)22-14-6-4-11-15(21-14)20-12(8-19-11)9-3-5-13(23)10(17)7-9/h3-8,23H,2H2,1H3,(H2,18,20,21,22,24). The van der Waals surface area contributed by atoms with E-state index < -0.39 is 11.6 Å². The monoisotopic (exact) mass is 327 g/mol. The molecular weight excluding hydrogens is 313 g/mol. The fourth-order valence-corrected chi connectivity index (χ4v) is 2.09. The molecule has 7 nitrogen and oxygen atoms in total. The van der Waals surface area contributed by atoms with E-state index in [1.165, 1.54) is 24.4 Å². The van der Waals surface area contributed by atoms with Crippen LogP contribution in [-0.2, 0) is 0 Å². The molecule has 0 unspecified atom stereocenters. The molecule has 0 aliphatic carbocycles. The van der Waals surface area contributed by atoms with Crippen LogP contribution in [0.1, 0.15) is 6.92 Å². The molecule has 0 aliphatic heterocycles. The lowest BCUT2D eigenvalue weighted by molar-refractivity contribution is 0.252. The number of fused-ring (bicyclic) bond motifs is 1. The fourth-order valence-electron chi connectivity index (χ4n) is 2.09. The van der Waals surface area contributed by atoms with Crippen LogP contribution in [0.3, 0.4) is 0 Å². The lowest BCUT2D eigenvalue weighted by atomic mass is 10.1. The highest BCUT2D eigenvalue weighted by atomic mass is 19.1. The second-order valence-corrected chi connectivity index (χ2v) is 4.95. The van der Waals surface area contributed by atoms with Crippen molar-refractivity contribution in [1.82, 2.24) is 20.3 Å². The van der Waals surface area contributed by atoms with Crippen LogP contribution in [0, 0.1) is 5.82 Å². The van der Waals surface area contributed by atoms with Crippen LogP contribution < -0.4 is 10.6 Å². The summed E-state index contributed by atoms with van der Waals surface area (Å²) < 4.78 is 13.5. The van der Waals surface area contributed by atoms with Gasteiger partial charge in [-0.3, -0.25) is 10.3 Å². The summed E-state index contributed by atoms with van der Waals surface area (Å²) in [6.07, 6.45) is 1.49. The van der Waals surface area contributed by atoms with Crippen LogP contribution in [0.4, 0.5) is 15.0 Å². The number of nitrogens with zero attached hydrogens (tertiary/aromatic N) is 3. The number of halogens is 1. The number of carbonyl (C=O) groups excluding carboxylic acids is 1. The third-order valence-electron chi connectivity index (χ3n) is 3.23. The molecule has 2 aromatic heterocycles. The van der Waals surface area contributed by atoms with E-state index in [9.17, 15) is 14.3 Å². The third-order valence-corrected chi connectivity index (χ3v) is 3.23. The van der Waals surface area contributed by atoms with Gasteiger partial charge in [0, 0.05) is 12.1 Å². The van der Waals surface area contributed by atoms with E-state index in [-0.39, 0.29) is 6.03 Å². The number of phenolic OH excluding ortho intramolecular Hbond substituents is 1. The topological polar surface area (TPSA) is 100 Å². The van der Waals surface area contributed by atoms with E-state index in [0.717, 1.165) is 0 Å². The molecule has 2 amide bonds. The van der Waals surface area contributed by atoms with E-state index in [0.29, 0.717) is 34.8 Å². The fraction of sp³-hybridized carbons (Fsp3) is 0.125. The third kappa shape index (κ3) is 3.22. The van der Waals surface area contributed by atoms with Gasteiger partial charge in [0.15, 0.2) is 17.2 Å². The van der Waals surface area contributed by atoms with Gasteiger partial charge in [-0.1, -0.05) is 0 Å². The zero-order valence-corrected chi connectivity index (χ0v) is 12.7. The normalized spacial score (nSPS) is 10.6. The molecule has 0 spiro atoms. The largest absolute Gasteiger partial charge is 0.505 e. The van der Waals surface area contributed by atoms with Crippen molar-refractivity contribution in [2.75, 3.05) is 11.9 Å². The van der Waals surface area contributed by atoms with Gasteiger partial charge in [-0.05, 0) is 37.3 Å². The molecule has 2 heterocycles. The van der Waals surface area contributed by atoms with Crippen LogP contribution in [0.15, 0.2) is 36.5 Å². The van der Waals surface area contributed by atoms with Gasteiger partial charge >= 0.3 is 6.03 Å². The molecule has 3 N–H and O–H groups in total. The van der Waals surface area contributed by atoms with Gasteiger partial charge in [0.25, 0.3) is 0 Å². The van der Waals surface area contributed by atoms with Crippen LogP contribution in [0.25, 0.3) is 22.4 Å². The van der Waals surface area contributed by atoms with E-state index in [1.54, 1.807) is 12.1 Å². The lowest BCUT2D eigenvalue weighted by Crippen LogP contribution is -2.28. The Morgan fingerprint density at radius 1 is 1.25 bits per heavy atom. The SMILES string of the molecule is CCNC(=O)Nc1ccc2ncc(-c3ccc(O)c(F)c3)nc2n1. The van der Waals surface area contributed by atoms with E-state index in [1.807, 2.05) is 6.92 Å². The first-order valence-electron chi connectivity index (χ1n) is 7.24. The highest BCUT2D eigenvalue weighted by Crippen LogP contribution is 2.24. The molecule has 0 radical (unpaired) electrons. The maximum absolute atomic E-state index is 13.5. The van der Waals surface area contributed by atoms with Gasteiger partial charge in [0.1, 0.15) is 11.3 Å². The van der Waals surface area contributed by atoms with Gasteiger partial charge in [-0.15, -0.1) is 0 Å². The molecule has 3 rings (SSSR count). The summed E-state index contributed by atoms with van der Waals surface area (Å²) in [5.41, 5.74) is 1.72. The van der Waals surface area contributed by atoms with Crippen molar-refractivity contribution in [2.24, 2.45) is 0 Å².